The van der Waals surface area contributed by atoms with E-state index in [2.05, 4.69) is 52.2 Å². The average molecular weight is 241 g/mol. The van der Waals surface area contributed by atoms with Crippen molar-refractivity contribution < 1.29 is 0 Å². The molecule has 3 nitrogen and oxygen atoms in total. The summed E-state index contributed by atoms with van der Waals surface area (Å²) in [4.78, 5) is 9.38. The normalized spacial score (nSPS) is 20.3. The Labute approximate surface area is 108 Å². The first-order chi connectivity index (χ1) is 8.83. The number of benzene rings is 1. The Morgan fingerprint density at radius 2 is 1.83 bits per heavy atom. The van der Waals surface area contributed by atoms with Crippen LogP contribution in [0, 0.1) is 0 Å². The molecule has 0 atom stereocenters. The predicted molar refractivity (Wildman–Crippen MR) is 75.7 cm³/mol. The number of fused-ring (bicyclic) bond motifs is 1. The second-order valence-corrected chi connectivity index (χ2v) is 5.01. The van der Waals surface area contributed by atoms with E-state index in [9.17, 15) is 0 Å². The van der Waals surface area contributed by atoms with Crippen LogP contribution >= 0.6 is 0 Å². The molecule has 18 heavy (non-hydrogen) atoms. The maximum Gasteiger partial charge on any atom is 0.128 e. The Morgan fingerprint density at radius 1 is 1.06 bits per heavy atom. The second-order valence-electron chi connectivity index (χ2n) is 5.01. The molecule has 1 saturated heterocycles. The van der Waals surface area contributed by atoms with Gasteiger partial charge in [-0.2, -0.15) is 0 Å². The number of nitrogens with zero attached hydrogens (tertiary/aromatic N) is 3. The lowest BCUT2D eigenvalue weighted by Gasteiger charge is -2.33. The van der Waals surface area contributed by atoms with Crippen LogP contribution in [0.3, 0.4) is 0 Å². The number of hydrogen-bond acceptors (Lipinski definition) is 3. The van der Waals surface area contributed by atoms with Crippen LogP contribution in [0.25, 0.3) is 6.08 Å². The van der Waals surface area contributed by atoms with Gasteiger partial charge in [-0.1, -0.05) is 24.3 Å². The molecule has 0 amide bonds. The third-order valence-electron chi connectivity index (χ3n) is 3.70. The van der Waals surface area contributed by atoms with E-state index in [0.717, 1.165) is 38.4 Å². The molecule has 0 spiro atoms. The molecule has 0 unspecified atom stereocenters. The summed E-state index contributed by atoms with van der Waals surface area (Å²) in [6, 6.07) is 8.56. The molecule has 1 aromatic rings. The fraction of sp³-hybridized carbons (Fsp3) is 0.400. The fourth-order valence-electron chi connectivity index (χ4n) is 2.48. The van der Waals surface area contributed by atoms with Crippen LogP contribution in [0.1, 0.15) is 11.1 Å². The zero-order valence-corrected chi connectivity index (χ0v) is 10.8. The molecule has 0 saturated carbocycles. The lowest BCUT2D eigenvalue weighted by atomic mass is 10.1. The smallest absolute Gasteiger partial charge is 0.128 e. The third kappa shape index (κ3) is 2.31. The van der Waals surface area contributed by atoms with Gasteiger partial charge < -0.3 is 9.80 Å². The highest BCUT2D eigenvalue weighted by molar-refractivity contribution is 5.71. The minimum absolute atomic E-state index is 0.934. The maximum atomic E-state index is 4.63. The molecule has 0 radical (unpaired) electrons. The van der Waals surface area contributed by atoms with Gasteiger partial charge in [-0.15, -0.1) is 0 Å². The standard InChI is InChI=1S/C15H19N3/c1-17-8-10-18(11-9-17)15-12-14-5-3-2-4-13(14)6-7-16-15/h2-5,7,12H,6,8-11H2,1H3. The molecule has 1 fully saturated rings. The molecule has 0 aromatic heterocycles. The summed E-state index contributed by atoms with van der Waals surface area (Å²) in [6.07, 6.45) is 5.20. The van der Waals surface area contributed by atoms with Crippen molar-refractivity contribution in [3.05, 3.63) is 41.2 Å². The van der Waals surface area contributed by atoms with Gasteiger partial charge in [-0.25, -0.2) is 4.99 Å². The lowest BCUT2D eigenvalue weighted by Crippen LogP contribution is -2.43. The number of piperazine rings is 1. The molecule has 1 aromatic carbocycles. The van der Waals surface area contributed by atoms with Crippen LogP contribution < -0.4 is 0 Å². The fourth-order valence-corrected chi connectivity index (χ4v) is 2.48. The minimum Gasteiger partial charge on any atom is -0.354 e. The van der Waals surface area contributed by atoms with Crippen LogP contribution in [0.4, 0.5) is 0 Å². The van der Waals surface area contributed by atoms with Gasteiger partial charge >= 0.3 is 0 Å². The van der Waals surface area contributed by atoms with Crippen LogP contribution in [0.15, 0.2) is 35.1 Å². The monoisotopic (exact) mass is 241 g/mol. The van der Waals surface area contributed by atoms with Crippen LogP contribution in [-0.2, 0) is 6.42 Å². The van der Waals surface area contributed by atoms with E-state index in [1.807, 2.05) is 6.21 Å². The van der Waals surface area contributed by atoms with E-state index in [1.54, 1.807) is 0 Å². The number of rotatable bonds is 1. The molecule has 0 bridgehead atoms. The topological polar surface area (TPSA) is 18.8 Å². The van der Waals surface area contributed by atoms with E-state index in [0.29, 0.717) is 0 Å². The third-order valence-corrected chi connectivity index (χ3v) is 3.70. The van der Waals surface area contributed by atoms with Crippen molar-refractivity contribution in [3.63, 3.8) is 0 Å². The summed E-state index contributed by atoms with van der Waals surface area (Å²) in [5.41, 5.74) is 2.68. The zero-order valence-electron chi connectivity index (χ0n) is 10.8. The van der Waals surface area contributed by atoms with Gasteiger partial charge in [0.2, 0.25) is 0 Å². The molecule has 0 aliphatic carbocycles. The first kappa shape index (κ1) is 11.5. The largest absolute Gasteiger partial charge is 0.354 e. The van der Waals surface area contributed by atoms with E-state index in [4.69, 9.17) is 0 Å². The summed E-state index contributed by atoms with van der Waals surface area (Å²) in [6.45, 7) is 4.38. The van der Waals surface area contributed by atoms with Crippen molar-refractivity contribution >= 4 is 12.3 Å². The van der Waals surface area contributed by atoms with Gasteiger partial charge in [0.05, 0.1) is 0 Å². The molecular formula is C15H19N3. The summed E-state index contributed by atoms with van der Waals surface area (Å²) in [7, 11) is 2.18. The van der Waals surface area contributed by atoms with Crippen molar-refractivity contribution in [2.45, 2.75) is 6.42 Å². The maximum absolute atomic E-state index is 4.63. The number of likely N-dealkylation sites (N-methyl/N-ethyl adjacent to an activating group) is 1. The lowest BCUT2D eigenvalue weighted by molar-refractivity contribution is 0.186. The Balaban J connectivity index is 1.86. The molecule has 3 rings (SSSR count). The summed E-state index contributed by atoms with van der Waals surface area (Å²) < 4.78 is 0. The van der Waals surface area contributed by atoms with Gasteiger partial charge in [0.25, 0.3) is 0 Å². The van der Waals surface area contributed by atoms with Crippen molar-refractivity contribution in [2.24, 2.45) is 4.99 Å². The summed E-state index contributed by atoms with van der Waals surface area (Å²) in [5, 5.41) is 0. The molecule has 0 N–H and O–H groups in total. The van der Waals surface area contributed by atoms with E-state index >= 15 is 0 Å². The van der Waals surface area contributed by atoms with Crippen LogP contribution in [0.2, 0.25) is 0 Å². The molecule has 3 heteroatoms. The zero-order chi connectivity index (χ0) is 12.4. The van der Waals surface area contributed by atoms with Crippen molar-refractivity contribution in [1.29, 1.82) is 0 Å². The van der Waals surface area contributed by atoms with E-state index < -0.39 is 0 Å². The summed E-state index contributed by atoms with van der Waals surface area (Å²) >= 11 is 0. The van der Waals surface area contributed by atoms with E-state index in [-0.39, 0.29) is 0 Å². The molecular weight excluding hydrogens is 222 g/mol. The molecule has 2 aliphatic heterocycles. The Hall–Kier alpha value is -1.61. The van der Waals surface area contributed by atoms with Gasteiger partial charge in [-0.3, -0.25) is 0 Å². The number of aliphatic imine (C=N–C) groups is 1. The van der Waals surface area contributed by atoms with Crippen molar-refractivity contribution in [3.8, 4) is 0 Å². The Morgan fingerprint density at radius 3 is 2.67 bits per heavy atom. The second kappa shape index (κ2) is 4.94. The van der Waals surface area contributed by atoms with Crippen LogP contribution in [-0.4, -0.2) is 49.2 Å². The summed E-state index contributed by atoms with van der Waals surface area (Å²) in [5.74, 6) is 1.12. The first-order valence-electron chi connectivity index (χ1n) is 6.58. The highest BCUT2D eigenvalue weighted by Crippen LogP contribution is 2.20. The Kier molecular flexibility index (Phi) is 3.15. The first-order valence-corrected chi connectivity index (χ1v) is 6.58. The highest BCUT2D eigenvalue weighted by Gasteiger charge is 2.17. The van der Waals surface area contributed by atoms with Gasteiger partial charge in [0.15, 0.2) is 0 Å². The molecule has 2 heterocycles. The van der Waals surface area contributed by atoms with Gasteiger partial charge in [0.1, 0.15) is 5.82 Å². The van der Waals surface area contributed by atoms with E-state index in [1.165, 1.54) is 11.1 Å². The van der Waals surface area contributed by atoms with Gasteiger partial charge in [-0.05, 0) is 24.3 Å². The predicted octanol–water partition coefficient (Wildman–Crippen LogP) is 1.86. The molecule has 94 valence electrons. The Bertz CT molecular complexity index is 482. The quantitative estimate of drug-likeness (QED) is 0.747. The minimum atomic E-state index is 0.934. The highest BCUT2D eigenvalue weighted by atomic mass is 15.3. The van der Waals surface area contributed by atoms with Crippen molar-refractivity contribution in [1.82, 2.24) is 9.80 Å². The SMILES string of the molecule is CN1CCN(C2=Cc3ccccc3CC=N2)CC1. The van der Waals surface area contributed by atoms with Crippen molar-refractivity contribution in [2.75, 3.05) is 33.2 Å². The average Bonchev–Trinajstić information content (AvgIpc) is 2.61. The van der Waals surface area contributed by atoms with Crippen LogP contribution in [0.5, 0.6) is 0 Å². The van der Waals surface area contributed by atoms with Gasteiger partial charge in [0, 0.05) is 38.8 Å². The molecule has 2 aliphatic rings. The number of hydrogen-bond donors (Lipinski definition) is 0.